The van der Waals surface area contributed by atoms with Crippen LogP contribution < -0.4 is 0 Å². The molecular weight excluding hydrogens is 332 g/mol. The molecule has 0 atom stereocenters. The van der Waals surface area contributed by atoms with Crippen LogP contribution in [0.1, 0.15) is 26.3 Å². The fraction of sp³-hybridized carbons (Fsp3) is 0.368. The van der Waals surface area contributed by atoms with Gasteiger partial charge in [0.2, 0.25) is 0 Å². The van der Waals surface area contributed by atoms with Gasteiger partial charge in [0.05, 0.1) is 0 Å². The maximum Gasteiger partial charge on any atom is 0.438 e. The second-order valence-electron chi connectivity index (χ2n) is 6.98. The second-order valence-corrected chi connectivity index (χ2v) is 11.7. The predicted molar refractivity (Wildman–Crippen MR) is 100 cm³/mol. The van der Waals surface area contributed by atoms with Crippen LogP contribution in [0.25, 0.3) is 5.53 Å². The zero-order valence-corrected chi connectivity index (χ0v) is 16.4. The monoisotopic (exact) mass is 356 g/mol. The van der Waals surface area contributed by atoms with Crippen molar-refractivity contribution in [2.45, 2.75) is 38.9 Å². The van der Waals surface area contributed by atoms with Crippen LogP contribution in [0.3, 0.4) is 0 Å². The minimum atomic E-state index is -2.20. The minimum Gasteiger partial charge on any atom is -0.538 e. The summed E-state index contributed by atoms with van der Waals surface area (Å²) in [7, 11) is -2.20. The van der Waals surface area contributed by atoms with E-state index in [1.165, 1.54) is 0 Å². The van der Waals surface area contributed by atoms with E-state index in [1.54, 1.807) is 0 Å². The van der Waals surface area contributed by atoms with E-state index >= 15 is 0 Å². The van der Waals surface area contributed by atoms with Crippen LogP contribution in [0.5, 0.6) is 0 Å². The molecule has 0 aliphatic heterocycles. The summed E-state index contributed by atoms with van der Waals surface area (Å²) in [5.74, 6) is 4.78. The Hall–Kier alpha value is -2.61. The molecule has 0 amide bonds. The van der Waals surface area contributed by atoms with Crippen LogP contribution in [0.15, 0.2) is 42.7 Å². The fourth-order valence-corrected chi connectivity index (χ4v) is 2.57. The molecule has 1 aromatic carbocycles. The number of rotatable bonds is 5. The first-order valence-electron chi connectivity index (χ1n) is 7.90. The third-order valence-electron chi connectivity index (χ3n) is 4.02. The Morgan fingerprint density at radius 1 is 1.28 bits per heavy atom. The van der Waals surface area contributed by atoms with Crippen LogP contribution in [-0.4, -0.2) is 31.4 Å². The molecule has 25 heavy (non-hydrogen) atoms. The Morgan fingerprint density at radius 3 is 2.40 bits per heavy atom. The lowest BCUT2D eigenvalue weighted by atomic mass is 10.2. The maximum atomic E-state index is 12.1. The number of hydrogen-bond acceptors (Lipinski definition) is 3. The van der Waals surface area contributed by atoms with Crippen molar-refractivity contribution in [3.8, 4) is 11.8 Å². The highest BCUT2D eigenvalue weighted by molar-refractivity contribution is 6.74. The van der Waals surface area contributed by atoms with E-state index in [0.29, 0.717) is 0 Å². The van der Waals surface area contributed by atoms with Gasteiger partial charge in [0.25, 0.3) is 8.32 Å². The van der Waals surface area contributed by atoms with Gasteiger partial charge in [0.15, 0.2) is 12.4 Å². The van der Waals surface area contributed by atoms with Crippen molar-refractivity contribution < 1.29 is 18.7 Å². The molecule has 0 aliphatic rings. The molecule has 0 radical (unpaired) electrons. The lowest BCUT2D eigenvalue weighted by Gasteiger charge is -2.36. The largest absolute Gasteiger partial charge is 0.538 e. The summed E-state index contributed by atoms with van der Waals surface area (Å²) in [6.07, 6.45) is 0. The van der Waals surface area contributed by atoms with E-state index in [-0.39, 0.29) is 23.1 Å². The van der Waals surface area contributed by atoms with E-state index in [0.717, 1.165) is 5.56 Å². The molecule has 0 unspecified atom stereocenters. The first-order valence-corrected chi connectivity index (χ1v) is 10.8. The lowest BCUT2D eigenvalue weighted by molar-refractivity contribution is -0.139. The zero-order chi connectivity index (χ0) is 19.1. The Bertz CT molecular complexity index is 746. The van der Waals surface area contributed by atoms with E-state index in [4.69, 9.17) is 14.7 Å². The van der Waals surface area contributed by atoms with Gasteiger partial charge in [-0.2, -0.15) is 4.79 Å². The minimum absolute atomic E-state index is 0.00936. The normalized spacial score (nSPS) is 10.8. The first-order chi connectivity index (χ1) is 11.6. The van der Waals surface area contributed by atoms with Gasteiger partial charge in [-0.15, -0.1) is 0 Å². The molecule has 0 aliphatic carbocycles. The molecule has 6 heteroatoms. The van der Waals surface area contributed by atoms with Gasteiger partial charge in [-0.05, 0) is 36.8 Å². The summed E-state index contributed by atoms with van der Waals surface area (Å²) in [5, 5.41) is -0.0818. The summed E-state index contributed by atoms with van der Waals surface area (Å²) in [6.45, 7) is 13.8. The van der Waals surface area contributed by atoms with Crippen LogP contribution >= 0.6 is 0 Å². The molecule has 0 N–H and O–H groups in total. The first kappa shape index (κ1) is 20.4. The average molecular weight is 356 g/mol. The number of esters is 1. The Balaban J connectivity index is 2.68. The number of carbonyl (C=O) groups excluding carboxylic acids is 1. The average Bonchev–Trinajstić information content (AvgIpc) is 2.51. The standard InChI is InChI=1S/C19H24N2O3Si/c1-15(24-25(5,6)19(2,3)4)17(21-20)18(22)23-14-10-13-16-11-8-7-9-12-16/h7-9,11-12H,1,14H2,2-6H3. The fourth-order valence-electron chi connectivity index (χ4n) is 1.55. The molecule has 0 spiro atoms. The van der Waals surface area contributed by atoms with Crippen molar-refractivity contribution in [1.82, 2.24) is 0 Å². The topological polar surface area (TPSA) is 71.9 Å². The third kappa shape index (κ3) is 6.07. The molecule has 0 saturated heterocycles. The Kier molecular flexibility index (Phi) is 6.93. The van der Waals surface area contributed by atoms with Crippen LogP contribution in [-0.2, 0) is 14.0 Å². The number of ether oxygens (including phenoxy) is 1. The van der Waals surface area contributed by atoms with Gasteiger partial charge in [0.1, 0.15) is 0 Å². The molecule has 0 saturated carbocycles. The molecule has 132 valence electrons. The summed E-state index contributed by atoms with van der Waals surface area (Å²) >= 11 is 0. The van der Waals surface area contributed by atoms with Gasteiger partial charge in [0, 0.05) is 5.56 Å². The molecule has 5 nitrogen and oxygen atoms in total. The SMILES string of the molecule is C=C(O[Si](C)(C)C(C)(C)C)C(=[N+]=[N-])C(=O)OCC#Cc1ccccc1. The third-order valence-corrected chi connectivity index (χ3v) is 8.39. The second kappa shape index (κ2) is 8.47. The maximum absolute atomic E-state index is 12.1. The van der Waals surface area contributed by atoms with Crippen molar-refractivity contribution in [3.63, 3.8) is 0 Å². The smallest absolute Gasteiger partial charge is 0.438 e. The van der Waals surface area contributed by atoms with Crippen molar-refractivity contribution >= 4 is 20.0 Å². The molecule has 0 aromatic heterocycles. The highest BCUT2D eigenvalue weighted by Crippen LogP contribution is 2.37. The Morgan fingerprint density at radius 2 is 1.88 bits per heavy atom. The molecule has 0 bridgehead atoms. The van der Waals surface area contributed by atoms with E-state index < -0.39 is 14.3 Å². The lowest BCUT2D eigenvalue weighted by Crippen LogP contribution is -2.42. The van der Waals surface area contributed by atoms with Crippen molar-refractivity contribution in [1.29, 1.82) is 0 Å². The van der Waals surface area contributed by atoms with Crippen molar-refractivity contribution in [2.75, 3.05) is 6.61 Å². The molecule has 0 heterocycles. The molecular formula is C19H24N2O3Si. The summed E-state index contributed by atoms with van der Waals surface area (Å²) < 4.78 is 10.9. The summed E-state index contributed by atoms with van der Waals surface area (Å²) in [5.41, 5.74) is 9.61. The number of benzene rings is 1. The summed E-state index contributed by atoms with van der Waals surface area (Å²) in [4.78, 5) is 15.0. The van der Waals surface area contributed by atoms with Crippen molar-refractivity contribution in [2.24, 2.45) is 0 Å². The highest BCUT2D eigenvalue weighted by Gasteiger charge is 2.42. The van der Waals surface area contributed by atoms with E-state index in [9.17, 15) is 4.79 Å². The predicted octanol–water partition coefficient (Wildman–Crippen LogP) is 3.79. The zero-order valence-electron chi connectivity index (χ0n) is 15.4. The van der Waals surface area contributed by atoms with Crippen LogP contribution in [0.2, 0.25) is 18.1 Å². The Labute approximate surface area is 150 Å². The van der Waals surface area contributed by atoms with Gasteiger partial charge in [-0.25, -0.2) is 4.79 Å². The van der Waals surface area contributed by atoms with Crippen LogP contribution in [0, 0.1) is 11.8 Å². The molecule has 1 rings (SSSR count). The highest BCUT2D eigenvalue weighted by atomic mass is 28.4. The van der Waals surface area contributed by atoms with Gasteiger partial charge >= 0.3 is 11.7 Å². The van der Waals surface area contributed by atoms with Gasteiger partial charge in [-0.1, -0.05) is 50.8 Å². The van der Waals surface area contributed by atoms with Crippen molar-refractivity contribution in [3.05, 3.63) is 53.8 Å². The molecule has 0 fully saturated rings. The summed E-state index contributed by atoms with van der Waals surface area (Å²) in [6, 6.07) is 9.33. The number of hydrogen-bond donors (Lipinski definition) is 0. The van der Waals surface area contributed by atoms with E-state index in [2.05, 4.69) is 44.0 Å². The van der Waals surface area contributed by atoms with E-state index in [1.807, 2.05) is 43.4 Å². The van der Waals surface area contributed by atoms with Crippen LogP contribution in [0.4, 0.5) is 0 Å². The quantitative estimate of drug-likeness (QED) is 0.153. The number of nitrogens with zero attached hydrogens (tertiary/aromatic N) is 2. The van der Waals surface area contributed by atoms with Gasteiger partial charge < -0.3 is 14.7 Å². The number of carbonyl (C=O) groups is 1. The molecule has 1 aromatic rings. The van der Waals surface area contributed by atoms with Gasteiger partial charge in [-0.3, -0.25) is 0 Å².